The molecule has 2 atom stereocenters. The van der Waals surface area contributed by atoms with Crippen molar-refractivity contribution in [3.8, 4) is 0 Å². The summed E-state index contributed by atoms with van der Waals surface area (Å²) >= 11 is 0. The van der Waals surface area contributed by atoms with Crippen molar-refractivity contribution >= 4 is 5.97 Å². The number of benzene rings is 2. The Morgan fingerprint density at radius 2 is 1.40 bits per heavy atom. The number of ether oxygens (including phenoxy) is 2. The van der Waals surface area contributed by atoms with E-state index in [1.807, 2.05) is 60.7 Å². The Balaban J connectivity index is 1.60. The quantitative estimate of drug-likeness (QED) is 0.646. The summed E-state index contributed by atoms with van der Waals surface area (Å²) in [5.41, 5.74) is 2.03. The molecule has 0 amide bonds. The first-order chi connectivity index (χ1) is 12.1. The summed E-state index contributed by atoms with van der Waals surface area (Å²) in [5.74, 6) is -0.402. The van der Waals surface area contributed by atoms with Gasteiger partial charge in [-0.05, 0) is 17.5 Å². The molecule has 0 spiro atoms. The van der Waals surface area contributed by atoms with E-state index in [0.29, 0.717) is 13.0 Å². The second-order valence-electron chi connectivity index (χ2n) is 5.80. The Labute approximate surface area is 147 Å². The van der Waals surface area contributed by atoms with Crippen LogP contribution in [0.5, 0.6) is 0 Å². The van der Waals surface area contributed by atoms with Gasteiger partial charge in [-0.1, -0.05) is 60.7 Å². The van der Waals surface area contributed by atoms with E-state index in [4.69, 9.17) is 9.47 Å². The van der Waals surface area contributed by atoms with Gasteiger partial charge in [0.2, 0.25) is 0 Å². The largest absolute Gasteiger partial charge is 0.463 e. The number of aliphatic hydroxyl groups excluding tert-OH is 2. The number of carbonyl (C=O) groups is 1. The van der Waals surface area contributed by atoms with Gasteiger partial charge in [0.1, 0.15) is 18.8 Å². The summed E-state index contributed by atoms with van der Waals surface area (Å²) in [6.07, 6.45) is -1.46. The van der Waals surface area contributed by atoms with Crippen LogP contribution in [-0.2, 0) is 27.3 Å². The lowest BCUT2D eigenvalue weighted by molar-refractivity contribution is -0.150. The predicted molar refractivity (Wildman–Crippen MR) is 93.8 cm³/mol. The Kier molecular flexibility index (Phi) is 8.12. The standard InChI is InChI=1S/C20H24O5/c21-18(14-24-13-17-9-5-2-6-10-17)19(22)15-25-20(23)12-11-16-7-3-1-4-8-16/h1-10,18-19,21-22H,11-15H2. The van der Waals surface area contributed by atoms with Crippen molar-refractivity contribution in [2.75, 3.05) is 13.2 Å². The monoisotopic (exact) mass is 344 g/mol. The van der Waals surface area contributed by atoms with E-state index >= 15 is 0 Å². The summed E-state index contributed by atoms with van der Waals surface area (Å²) < 4.78 is 10.4. The zero-order valence-electron chi connectivity index (χ0n) is 14.1. The van der Waals surface area contributed by atoms with E-state index in [0.717, 1.165) is 11.1 Å². The Bertz CT molecular complexity index is 614. The summed E-state index contributed by atoms with van der Waals surface area (Å²) in [6, 6.07) is 19.2. The first kappa shape index (κ1) is 19.1. The fraction of sp³-hybridized carbons (Fsp3) is 0.350. The minimum atomic E-state index is -1.17. The van der Waals surface area contributed by atoms with Crippen LogP contribution in [0.4, 0.5) is 0 Å². The number of aryl methyl sites for hydroxylation is 1. The van der Waals surface area contributed by atoms with Crippen molar-refractivity contribution in [3.63, 3.8) is 0 Å². The fourth-order valence-electron chi connectivity index (χ4n) is 2.24. The lowest BCUT2D eigenvalue weighted by Gasteiger charge is -2.18. The lowest BCUT2D eigenvalue weighted by Crippen LogP contribution is -2.35. The molecule has 0 radical (unpaired) electrons. The predicted octanol–water partition coefficient (Wildman–Crippen LogP) is 2.10. The number of carbonyl (C=O) groups excluding carboxylic acids is 1. The molecule has 0 saturated carbocycles. The molecule has 0 aromatic heterocycles. The van der Waals surface area contributed by atoms with Gasteiger partial charge >= 0.3 is 5.97 Å². The number of rotatable bonds is 10. The number of hydrogen-bond acceptors (Lipinski definition) is 5. The average Bonchev–Trinajstić information content (AvgIpc) is 2.66. The third-order valence-electron chi connectivity index (χ3n) is 3.72. The van der Waals surface area contributed by atoms with Crippen molar-refractivity contribution in [3.05, 3.63) is 71.8 Å². The van der Waals surface area contributed by atoms with Gasteiger partial charge in [0.05, 0.1) is 13.2 Å². The summed E-state index contributed by atoms with van der Waals surface area (Å²) in [4.78, 5) is 11.7. The van der Waals surface area contributed by atoms with E-state index in [2.05, 4.69) is 0 Å². The maximum Gasteiger partial charge on any atom is 0.306 e. The van der Waals surface area contributed by atoms with Crippen LogP contribution in [0.25, 0.3) is 0 Å². The SMILES string of the molecule is O=C(CCc1ccccc1)OCC(O)C(O)COCc1ccccc1. The van der Waals surface area contributed by atoms with Gasteiger partial charge in [-0.3, -0.25) is 4.79 Å². The summed E-state index contributed by atoms with van der Waals surface area (Å²) in [5, 5.41) is 19.7. The molecule has 2 unspecified atom stereocenters. The molecule has 5 heteroatoms. The highest BCUT2D eigenvalue weighted by Gasteiger charge is 2.18. The van der Waals surface area contributed by atoms with Gasteiger partial charge in [0.25, 0.3) is 0 Å². The third kappa shape index (κ3) is 7.47. The molecule has 0 heterocycles. The maximum atomic E-state index is 11.7. The maximum absolute atomic E-state index is 11.7. The minimum absolute atomic E-state index is 0.0301. The normalized spacial score (nSPS) is 13.2. The third-order valence-corrected chi connectivity index (χ3v) is 3.72. The van der Waals surface area contributed by atoms with Gasteiger partial charge < -0.3 is 19.7 Å². The van der Waals surface area contributed by atoms with E-state index in [1.165, 1.54) is 0 Å². The van der Waals surface area contributed by atoms with Crippen molar-refractivity contribution in [1.82, 2.24) is 0 Å². The van der Waals surface area contributed by atoms with Crippen LogP contribution in [0, 0.1) is 0 Å². The molecule has 0 fully saturated rings. The fourth-order valence-corrected chi connectivity index (χ4v) is 2.24. The average molecular weight is 344 g/mol. The van der Waals surface area contributed by atoms with Crippen molar-refractivity contribution in [2.45, 2.75) is 31.7 Å². The second kappa shape index (κ2) is 10.6. The molecule has 0 aliphatic rings. The van der Waals surface area contributed by atoms with Gasteiger partial charge in [-0.15, -0.1) is 0 Å². The topological polar surface area (TPSA) is 76.0 Å². The van der Waals surface area contributed by atoms with Crippen LogP contribution in [0.3, 0.4) is 0 Å². The van der Waals surface area contributed by atoms with Crippen LogP contribution in [0.15, 0.2) is 60.7 Å². The molecule has 2 N–H and O–H groups in total. The number of aliphatic hydroxyl groups is 2. The van der Waals surface area contributed by atoms with Crippen molar-refractivity contribution in [2.24, 2.45) is 0 Å². The van der Waals surface area contributed by atoms with Crippen molar-refractivity contribution in [1.29, 1.82) is 0 Å². The zero-order chi connectivity index (χ0) is 17.9. The van der Waals surface area contributed by atoms with Crippen molar-refractivity contribution < 1.29 is 24.5 Å². The molecule has 2 aromatic carbocycles. The van der Waals surface area contributed by atoms with Crippen LogP contribution in [0.2, 0.25) is 0 Å². The molecule has 2 aromatic rings. The summed E-state index contributed by atoms with van der Waals surface area (Å²) in [6.45, 7) is 0.0720. The Hall–Kier alpha value is -2.21. The first-order valence-corrected chi connectivity index (χ1v) is 8.32. The highest BCUT2D eigenvalue weighted by Crippen LogP contribution is 2.05. The highest BCUT2D eigenvalue weighted by molar-refractivity contribution is 5.69. The van der Waals surface area contributed by atoms with Gasteiger partial charge in [-0.2, -0.15) is 0 Å². The molecule has 5 nitrogen and oxygen atoms in total. The van der Waals surface area contributed by atoms with Gasteiger partial charge in [0.15, 0.2) is 0 Å². The molecular weight excluding hydrogens is 320 g/mol. The van der Waals surface area contributed by atoms with Crippen LogP contribution in [-0.4, -0.2) is 41.6 Å². The zero-order valence-corrected chi connectivity index (χ0v) is 14.1. The minimum Gasteiger partial charge on any atom is -0.463 e. The lowest BCUT2D eigenvalue weighted by atomic mass is 10.1. The van der Waals surface area contributed by atoms with E-state index in [-0.39, 0.29) is 19.6 Å². The first-order valence-electron chi connectivity index (χ1n) is 8.32. The van der Waals surface area contributed by atoms with Crippen LogP contribution in [0.1, 0.15) is 17.5 Å². The molecular formula is C20H24O5. The van der Waals surface area contributed by atoms with E-state index in [1.54, 1.807) is 0 Å². The molecule has 25 heavy (non-hydrogen) atoms. The molecule has 0 aliphatic carbocycles. The van der Waals surface area contributed by atoms with Gasteiger partial charge in [-0.25, -0.2) is 0 Å². The second-order valence-corrected chi connectivity index (χ2v) is 5.80. The highest BCUT2D eigenvalue weighted by atomic mass is 16.5. The van der Waals surface area contributed by atoms with Gasteiger partial charge in [0, 0.05) is 6.42 Å². The molecule has 0 aliphatic heterocycles. The van der Waals surface area contributed by atoms with Crippen LogP contribution < -0.4 is 0 Å². The number of esters is 1. The Morgan fingerprint density at radius 1 is 0.840 bits per heavy atom. The molecule has 2 rings (SSSR count). The molecule has 134 valence electrons. The smallest absolute Gasteiger partial charge is 0.306 e. The summed E-state index contributed by atoms with van der Waals surface area (Å²) in [7, 11) is 0. The van der Waals surface area contributed by atoms with Crippen LogP contribution >= 0.6 is 0 Å². The molecule has 0 bridgehead atoms. The molecule has 0 saturated heterocycles. The van der Waals surface area contributed by atoms with E-state index < -0.39 is 18.2 Å². The number of hydrogen-bond donors (Lipinski definition) is 2. The Morgan fingerprint density at radius 3 is 2.04 bits per heavy atom. The van der Waals surface area contributed by atoms with E-state index in [9.17, 15) is 15.0 Å².